The van der Waals surface area contributed by atoms with Gasteiger partial charge in [-0.05, 0) is 32.6 Å². The summed E-state index contributed by atoms with van der Waals surface area (Å²) in [6.45, 7) is 10.6. The summed E-state index contributed by atoms with van der Waals surface area (Å²) in [6.07, 6.45) is 1.47. The third-order valence-corrected chi connectivity index (χ3v) is 3.23. The number of aliphatic carboxylic acids is 1. The van der Waals surface area contributed by atoms with Crippen molar-refractivity contribution in [2.24, 2.45) is 5.92 Å². The number of hydrogen-bond acceptors (Lipinski definition) is 2. The predicted molar refractivity (Wildman–Crippen MR) is 76.2 cm³/mol. The lowest BCUT2D eigenvalue weighted by atomic mass is 10.0. The van der Waals surface area contributed by atoms with Crippen LogP contribution in [0.25, 0.3) is 0 Å². The van der Waals surface area contributed by atoms with Crippen molar-refractivity contribution in [1.82, 2.24) is 10.2 Å². The Labute approximate surface area is 116 Å². The first-order chi connectivity index (χ1) is 8.79. The zero-order chi connectivity index (χ0) is 15.0. The third kappa shape index (κ3) is 7.03. The standard InChI is InChI=1S/C14H28N2O3/c1-6-12(10(2)3)15-14(19)16(11(4)5)9-7-8-13(17)18/h10-12H,6-9H2,1-5H3,(H,15,19)(H,17,18). The van der Waals surface area contributed by atoms with Crippen LogP contribution in [-0.2, 0) is 4.79 Å². The normalized spacial score (nSPS) is 12.6. The molecule has 0 fully saturated rings. The van der Waals surface area contributed by atoms with E-state index in [4.69, 9.17) is 5.11 Å². The molecule has 0 aliphatic heterocycles. The highest BCUT2D eigenvalue weighted by atomic mass is 16.4. The van der Waals surface area contributed by atoms with Gasteiger partial charge in [-0.15, -0.1) is 0 Å². The molecule has 0 saturated heterocycles. The van der Waals surface area contributed by atoms with Gasteiger partial charge >= 0.3 is 12.0 Å². The van der Waals surface area contributed by atoms with Crippen LogP contribution < -0.4 is 5.32 Å². The molecule has 0 aromatic heterocycles. The highest BCUT2D eigenvalue weighted by Gasteiger charge is 2.21. The van der Waals surface area contributed by atoms with Crippen molar-refractivity contribution >= 4 is 12.0 Å². The Bertz CT molecular complexity index is 290. The number of nitrogens with one attached hydrogen (secondary N) is 1. The molecule has 5 heteroatoms. The second-order valence-electron chi connectivity index (χ2n) is 5.49. The topological polar surface area (TPSA) is 69.6 Å². The molecule has 1 unspecified atom stereocenters. The number of hydrogen-bond donors (Lipinski definition) is 2. The maximum Gasteiger partial charge on any atom is 0.317 e. The fourth-order valence-electron chi connectivity index (χ4n) is 1.98. The van der Waals surface area contributed by atoms with Gasteiger partial charge in [-0.2, -0.15) is 0 Å². The van der Waals surface area contributed by atoms with E-state index < -0.39 is 5.97 Å². The van der Waals surface area contributed by atoms with E-state index in [9.17, 15) is 9.59 Å². The molecule has 0 aromatic carbocycles. The van der Waals surface area contributed by atoms with Crippen LogP contribution in [0.2, 0.25) is 0 Å². The number of rotatable bonds is 8. The Morgan fingerprint density at radius 2 is 1.79 bits per heavy atom. The van der Waals surface area contributed by atoms with E-state index in [1.807, 2.05) is 13.8 Å². The fraction of sp³-hybridized carbons (Fsp3) is 0.857. The summed E-state index contributed by atoms with van der Waals surface area (Å²) in [5, 5.41) is 11.7. The molecule has 0 spiro atoms. The number of carboxylic acid groups (broad SMARTS) is 1. The van der Waals surface area contributed by atoms with Gasteiger partial charge in [-0.25, -0.2) is 4.79 Å². The van der Waals surface area contributed by atoms with Crippen LogP contribution in [0.1, 0.15) is 53.9 Å². The van der Waals surface area contributed by atoms with Crippen molar-refractivity contribution < 1.29 is 14.7 Å². The molecule has 2 N–H and O–H groups in total. The van der Waals surface area contributed by atoms with Crippen molar-refractivity contribution in [2.45, 2.75) is 66.0 Å². The first-order valence-electron chi connectivity index (χ1n) is 7.08. The second-order valence-corrected chi connectivity index (χ2v) is 5.49. The Morgan fingerprint density at radius 1 is 1.21 bits per heavy atom. The summed E-state index contributed by atoms with van der Waals surface area (Å²) < 4.78 is 0. The fourth-order valence-corrected chi connectivity index (χ4v) is 1.98. The maximum atomic E-state index is 12.2. The SMILES string of the molecule is CCC(NC(=O)N(CCCC(=O)O)C(C)C)C(C)C. The molecule has 0 heterocycles. The van der Waals surface area contributed by atoms with Gasteiger partial charge in [-0.1, -0.05) is 20.8 Å². The third-order valence-electron chi connectivity index (χ3n) is 3.23. The molecule has 5 nitrogen and oxygen atoms in total. The molecular formula is C14H28N2O3. The van der Waals surface area contributed by atoms with Gasteiger partial charge in [0.25, 0.3) is 0 Å². The molecule has 112 valence electrons. The average molecular weight is 272 g/mol. The minimum atomic E-state index is -0.822. The molecule has 19 heavy (non-hydrogen) atoms. The minimum absolute atomic E-state index is 0.0680. The zero-order valence-electron chi connectivity index (χ0n) is 12.8. The van der Waals surface area contributed by atoms with Crippen LogP contribution in [0.3, 0.4) is 0 Å². The number of carbonyl (C=O) groups excluding carboxylic acids is 1. The highest BCUT2D eigenvalue weighted by Crippen LogP contribution is 2.08. The number of urea groups is 1. The van der Waals surface area contributed by atoms with Crippen molar-refractivity contribution in [1.29, 1.82) is 0 Å². The molecule has 1 atom stereocenters. The summed E-state index contributed by atoms with van der Waals surface area (Å²) in [5.41, 5.74) is 0. The first-order valence-corrected chi connectivity index (χ1v) is 7.08. The minimum Gasteiger partial charge on any atom is -0.481 e. The van der Waals surface area contributed by atoms with E-state index in [-0.39, 0.29) is 24.5 Å². The van der Waals surface area contributed by atoms with Crippen LogP contribution in [0.15, 0.2) is 0 Å². The molecule has 2 amide bonds. The Balaban J connectivity index is 4.44. The molecule has 0 aliphatic rings. The summed E-state index contributed by atoms with van der Waals surface area (Å²) >= 11 is 0. The summed E-state index contributed by atoms with van der Waals surface area (Å²) in [7, 11) is 0. The zero-order valence-corrected chi connectivity index (χ0v) is 12.8. The van der Waals surface area contributed by atoms with Crippen molar-refractivity contribution in [2.75, 3.05) is 6.54 Å². The van der Waals surface area contributed by atoms with E-state index in [2.05, 4.69) is 26.1 Å². The quantitative estimate of drug-likeness (QED) is 0.713. The Kier molecular flexibility index (Phi) is 8.19. The number of carbonyl (C=O) groups is 2. The van der Waals surface area contributed by atoms with E-state index >= 15 is 0 Å². The van der Waals surface area contributed by atoms with Gasteiger partial charge in [0.15, 0.2) is 0 Å². The van der Waals surface area contributed by atoms with E-state index in [1.165, 1.54) is 0 Å². The highest BCUT2D eigenvalue weighted by molar-refractivity contribution is 5.75. The Morgan fingerprint density at radius 3 is 2.16 bits per heavy atom. The lowest BCUT2D eigenvalue weighted by Crippen LogP contribution is -2.49. The molecular weight excluding hydrogens is 244 g/mol. The van der Waals surface area contributed by atoms with Crippen LogP contribution in [0.4, 0.5) is 4.79 Å². The van der Waals surface area contributed by atoms with Crippen LogP contribution in [0.5, 0.6) is 0 Å². The monoisotopic (exact) mass is 272 g/mol. The summed E-state index contributed by atoms with van der Waals surface area (Å²) in [4.78, 5) is 24.4. The number of amides is 2. The van der Waals surface area contributed by atoms with Gasteiger partial charge in [0.1, 0.15) is 0 Å². The van der Waals surface area contributed by atoms with E-state index in [1.54, 1.807) is 4.90 Å². The van der Waals surface area contributed by atoms with Gasteiger partial charge in [-0.3, -0.25) is 4.79 Å². The number of carboxylic acids is 1. The van der Waals surface area contributed by atoms with Crippen molar-refractivity contribution in [3.05, 3.63) is 0 Å². The van der Waals surface area contributed by atoms with Gasteiger partial charge < -0.3 is 15.3 Å². The van der Waals surface area contributed by atoms with Crippen LogP contribution in [0, 0.1) is 5.92 Å². The molecule has 0 bridgehead atoms. The number of nitrogens with zero attached hydrogens (tertiary/aromatic N) is 1. The van der Waals surface area contributed by atoms with Crippen LogP contribution in [-0.4, -0.2) is 40.6 Å². The van der Waals surface area contributed by atoms with Gasteiger partial charge in [0, 0.05) is 25.0 Å². The smallest absolute Gasteiger partial charge is 0.317 e. The maximum absolute atomic E-state index is 12.2. The first kappa shape index (κ1) is 17.7. The lowest BCUT2D eigenvalue weighted by molar-refractivity contribution is -0.137. The summed E-state index contributed by atoms with van der Waals surface area (Å²) in [5.74, 6) is -0.431. The van der Waals surface area contributed by atoms with Gasteiger partial charge in [0.2, 0.25) is 0 Å². The Hall–Kier alpha value is -1.26. The van der Waals surface area contributed by atoms with Crippen molar-refractivity contribution in [3.63, 3.8) is 0 Å². The van der Waals surface area contributed by atoms with Gasteiger partial charge in [0.05, 0.1) is 0 Å². The van der Waals surface area contributed by atoms with Crippen LogP contribution >= 0.6 is 0 Å². The molecule has 0 radical (unpaired) electrons. The predicted octanol–water partition coefficient (Wildman–Crippen LogP) is 2.71. The molecule has 0 saturated carbocycles. The molecule has 0 aromatic rings. The average Bonchev–Trinajstić information content (AvgIpc) is 2.29. The summed E-state index contributed by atoms with van der Waals surface area (Å²) in [6, 6.07) is 0.132. The van der Waals surface area contributed by atoms with Crippen molar-refractivity contribution in [3.8, 4) is 0 Å². The van der Waals surface area contributed by atoms with E-state index in [0.29, 0.717) is 18.9 Å². The second kappa shape index (κ2) is 8.77. The van der Waals surface area contributed by atoms with E-state index in [0.717, 1.165) is 6.42 Å². The molecule has 0 aliphatic carbocycles. The molecule has 0 rings (SSSR count). The largest absolute Gasteiger partial charge is 0.481 e. The lowest BCUT2D eigenvalue weighted by Gasteiger charge is -2.30.